The van der Waals surface area contributed by atoms with Gasteiger partial charge in [0.05, 0.1) is 5.71 Å². The molecule has 2 heterocycles. The molecular formula is C20H15F3N6O. The van der Waals surface area contributed by atoms with E-state index < -0.39 is 17.8 Å². The first kappa shape index (κ1) is 20.6. The molecule has 0 radical (unpaired) electrons. The minimum Gasteiger partial charge on any atom is -0.335 e. The third-order valence-corrected chi connectivity index (χ3v) is 3.77. The fraction of sp³-hybridized carbons (Fsp3) is 0.0500. The summed E-state index contributed by atoms with van der Waals surface area (Å²) in [6, 6.07) is 13.9. The van der Waals surface area contributed by atoms with Gasteiger partial charge in [-0.25, -0.2) is 0 Å². The van der Waals surface area contributed by atoms with Crippen LogP contribution in [0.2, 0.25) is 0 Å². The van der Waals surface area contributed by atoms with Crippen LogP contribution in [0.5, 0.6) is 0 Å². The molecule has 0 atom stereocenters. The molecule has 0 spiro atoms. The number of aromatic nitrogens is 3. The van der Waals surface area contributed by atoms with Crippen molar-refractivity contribution in [2.45, 2.75) is 6.18 Å². The first-order valence-electron chi connectivity index (χ1n) is 8.58. The van der Waals surface area contributed by atoms with Gasteiger partial charge in [-0.3, -0.25) is 9.78 Å². The lowest BCUT2D eigenvalue weighted by Gasteiger charge is -2.14. The highest BCUT2D eigenvalue weighted by atomic mass is 19.4. The maximum absolute atomic E-state index is 13.4. The molecule has 1 amide bonds. The molecule has 0 aliphatic rings. The molecule has 3 aromatic rings. The molecule has 152 valence electrons. The van der Waals surface area contributed by atoms with Crippen molar-refractivity contribution < 1.29 is 18.0 Å². The summed E-state index contributed by atoms with van der Waals surface area (Å²) in [5.41, 5.74) is -0.932. The Balaban J connectivity index is 1.73. The molecule has 0 saturated carbocycles. The summed E-state index contributed by atoms with van der Waals surface area (Å²) < 4.78 is 40.1. The largest absolute Gasteiger partial charge is 0.431 e. The van der Waals surface area contributed by atoms with E-state index in [0.29, 0.717) is 11.6 Å². The Morgan fingerprint density at radius 3 is 2.10 bits per heavy atom. The van der Waals surface area contributed by atoms with Gasteiger partial charge in [0.2, 0.25) is 0 Å². The highest BCUT2D eigenvalue weighted by molar-refractivity contribution is 6.07. The van der Waals surface area contributed by atoms with Crippen molar-refractivity contribution in [2.75, 3.05) is 10.6 Å². The van der Waals surface area contributed by atoms with Gasteiger partial charge in [0.25, 0.3) is 5.91 Å². The number of carbonyl (C=O) groups is 1. The molecule has 1 aromatic carbocycles. The van der Waals surface area contributed by atoms with Crippen molar-refractivity contribution in [3.63, 3.8) is 0 Å². The van der Waals surface area contributed by atoms with Gasteiger partial charge in [-0.2, -0.15) is 13.2 Å². The Kier molecular flexibility index (Phi) is 6.16. The number of nitrogens with one attached hydrogen (secondary N) is 3. The average Bonchev–Trinajstić information content (AvgIpc) is 2.75. The normalized spacial score (nSPS) is 11.6. The second kappa shape index (κ2) is 8.95. The molecule has 7 nitrogen and oxygen atoms in total. The van der Waals surface area contributed by atoms with E-state index in [1.54, 1.807) is 30.3 Å². The molecule has 10 heteroatoms. The van der Waals surface area contributed by atoms with Crippen LogP contribution >= 0.6 is 0 Å². The van der Waals surface area contributed by atoms with E-state index in [1.165, 1.54) is 36.7 Å². The van der Waals surface area contributed by atoms with Crippen LogP contribution in [0.4, 0.5) is 24.8 Å². The summed E-state index contributed by atoms with van der Waals surface area (Å²) in [7, 11) is 0. The Labute approximate surface area is 169 Å². The third kappa shape index (κ3) is 5.47. The molecule has 3 N–H and O–H groups in total. The number of hydrogen-bond acceptors (Lipinski definition) is 6. The number of carbonyl (C=O) groups excluding carboxylic acids is 1. The fourth-order valence-electron chi connectivity index (χ4n) is 2.32. The number of hydrogen-bond donors (Lipinski definition) is 3. The number of anilines is 2. The van der Waals surface area contributed by atoms with Gasteiger partial charge >= 0.3 is 6.18 Å². The van der Waals surface area contributed by atoms with Crippen LogP contribution in [0.25, 0.3) is 0 Å². The number of allylic oxidation sites excluding steroid dienone is 2. The van der Waals surface area contributed by atoms with Crippen LogP contribution in [0.3, 0.4) is 0 Å². The number of pyridine rings is 1. The van der Waals surface area contributed by atoms with Gasteiger partial charge in [0.15, 0.2) is 11.6 Å². The average molecular weight is 412 g/mol. The summed E-state index contributed by atoms with van der Waals surface area (Å²) in [5, 5.41) is 19.9. The van der Waals surface area contributed by atoms with Gasteiger partial charge < -0.3 is 16.0 Å². The van der Waals surface area contributed by atoms with Gasteiger partial charge in [-0.1, -0.05) is 18.2 Å². The van der Waals surface area contributed by atoms with E-state index >= 15 is 0 Å². The van der Waals surface area contributed by atoms with Gasteiger partial charge in [0, 0.05) is 23.5 Å². The molecule has 3 rings (SSSR count). The predicted octanol–water partition coefficient (Wildman–Crippen LogP) is 4.05. The summed E-state index contributed by atoms with van der Waals surface area (Å²) in [6.07, 6.45) is -1.37. The van der Waals surface area contributed by atoms with E-state index in [0.717, 1.165) is 0 Å². The molecule has 0 fully saturated rings. The number of amides is 1. The van der Waals surface area contributed by atoms with Crippen molar-refractivity contribution in [1.29, 1.82) is 5.41 Å². The van der Waals surface area contributed by atoms with Crippen LogP contribution in [-0.4, -0.2) is 33.0 Å². The minimum absolute atomic E-state index is 0.0787. The Morgan fingerprint density at radius 1 is 0.900 bits per heavy atom. The van der Waals surface area contributed by atoms with Crippen molar-refractivity contribution in [3.8, 4) is 0 Å². The van der Waals surface area contributed by atoms with E-state index in [2.05, 4.69) is 25.8 Å². The number of rotatable bonds is 6. The number of alkyl halides is 3. The molecule has 0 aliphatic heterocycles. The fourth-order valence-corrected chi connectivity index (χ4v) is 2.32. The standard InChI is InChI=1S/C20H15F3N6O/c21-20(22,23)16(11-15(24)14-7-4-10-25-12-14)26-17-8-9-18(29-28-17)27-19(30)13-5-2-1-3-6-13/h1-12,24H,(H,26,28)(H,27,29,30)/b16-11-,24-15?. The third-order valence-electron chi connectivity index (χ3n) is 3.77. The zero-order chi connectivity index (χ0) is 21.6. The molecule has 30 heavy (non-hydrogen) atoms. The quantitative estimate of drug-likeness (QED) is 0.530. The minimum atomic E-state index is -4.75. The summed E-state index contributed by atoms with van der Waals surface area (Å²) in [6.45, 7) is 0. The molecule has 0 bridgehead atoms. The predicted molar refractivity (Wildman–Crippen MR) is 105 cm³/mol. The van der Waals surface area contributed by atoms with Gasteiger partial charge in [-0.05, 0) is 42.5 Å². The van der Waals surface area contributed by atoms with E-state index in [9.17, 15) is 18.0 Å². The highest BCUT2D eigenvalue weighted by Crippen LogP contribution is 2.27. The van der Waals surface area contributed by atoms with Crippen LogP contribution in [0.1, 0.15) is 15.9 Å². The van der Waals surface area contributed by atoms with Gasteiger partial charge in [-0.15, -0.1) is 10.2 Å². The zero-order valence-electron chi connectivity index (χ0n) is 15.3. The maximum Gasteiger partial charge on any atom is 0.431 e. The van der Waals surface area contributed by atoms with Crippen LogP contribution in [0, 0.1) is 5.41 Å². The van der Waals surface area contributed by atoms with Crippen LogP contribution < -0.4 is 10.6 Å². The number of halogens is 3. The SMILES string of the molecule is N=C(/C=C(\Nc1ccc(NC(=O)c2ccccc2)nn1)C(F)(F)F)c1cccnc1. The molecular weight excluding hydrogens is 397 g/mol. The molecule has 0 unspecified atom stereocenters. The number of nitrogens with zero attached hydrogens (tertiary/aromatic N) is 3. The first-order chi connectivity index (χ1) is 14.3. The second-order valence-corrected chi connectivity index (χ2v) is 5.96. The number of benzene rings is 1. The van der Waals surface area contributed by atoms with Crippen LogP contribution in [-0.2, 0) is 0 Å². The molecule has 2 aromatic heterocycles. The Hall–Kier alpha value is -4.08. The Morgan fingerprint density at radius 2 is 1.53 bits per heavy atom. The second-order valence-electron chi connectivity index (χ2n) is 5.96. The summed E-state index contributed by atoms with van der Waals surface area (Å²) in [5.74, 6) is -0.545. The lowest BCUT2D eigenvalue weighted by atomic mass is 10.1. The lowest BCUT2D eigenvalue weighted by Crippen LogP contribution is -2.21. The topological polar surface area (TPSA) is 104 Å². The summed E-state index contributed by atoms with van der Waals surface area (Å²) >= 11 is 0. The smallest absolute Gasteiger partial charge is 0.335 e. The monoisotopic (exact) mass is 412 g/mol. The van der Waals surface area contributed by atoms with Crippen molar-refractivity contribution in [1.82, 2.24) is 15.2 Å². The Bertz CT molecular complexity index is 1050. The lowest BCUT2D eigenvalue weighted by molar-refractivity contribution is -0.0901. The van der Waals surface area contributed by atoms with Crippen molar-refractivity contribution in [3.05, 3.63) is 89.9 Å². The van der Waals surface area contributed by atoms with Crippen LogP contribution in [0.15, 0.2) is 78.8 Å². The maximum atomic E-state index is 13.4. The molecule has 0 saturated heterocycles. The van der Waals surface area contributed by atoms with Gasteiger partial charge in [0.1, 0.15) is 5.70 Å². The van der Waals surface area contributed by atoms with Crippen molar-refractivity contribution in [2.24, 2.45) is 0 Å². The molecule has 0 aliphatic carbocycles. The van der Waals surface area contributed by atoms with E-state index in [-0.39, 0.29) is 22.9 Å². The summed E-state index contributed by atoms with van der Waals surface area (Å²) in [4.78, 5) is 15.9. The van der Waals surface area contributed by atoms with E-state index in [4.69, 9.17) is 5.41 Å². The highest BCUT2D eigenvalue weighted by Gasteiger charge is 2.34. The van der Waals surface area contributed by atoms with E-state index in [1.807, 2.05) is 0 Å². The zero-order valence-corrected chi connectivity index (χ0v) is 15.3. The van der Waals surface area contributed by atoms with Crippen molar-refractivity contribution >= 4 is 23.3 Å². The first-order valence-corrected chi connectivity index (χ1v) is 8.58.